The van der Waals surface area contributed by atoms with Crippen molar-refractivity contribution in [2.45, 2.75) is 38.4 Å². The summed E-state index contributed by atoms with van der Waals surface area (Å²) in [6, 6.07) is 8.45. The number of H-pyrrole nitrogens is 1. The van der Waals surface area contributed by atoms with Gasteiger partial charge in [-0.05, 0) is 42.2 Å². The Kier molecular flexibility index (Phi) is 2.92. The summed E-state index contributed by atoms with van der Waals surface area (Å²) in [6.45, 7) is 8.38. The molecule has 0 fully saturated rings. The minimum Gasteiger partial charge on any atom is -0.432 e. The van der Waals surface area contributed by atoms with Gasteiger partial charge in [-0.1, -0.05) is 26.0 Å². The lowest BCUT2D eigenvalue weighted by molar-refractivity contribution is 0.468. The predicted molar refractivity (Wildman–Crippen MR) is 75.7 cm³/mol. The molecule has 0 aliphatic rings. The van der Waals surface area contributed by atoms with E-state index in [4.69, 9.17) is 0 Å². The summed E-state index contributed by atoms with van der Waals surface area (Å²) in [5.74, 6) is 0. The third-order valence-electron chi connectivity index (χ3n) is 3.97. The highest BCUT2D eigenvalue weighted by molar-refractivity contribution is 6.72. The zero-order chi connectivity index (χ0) is 12.7. The van der Waals surface area contributed by atoms with Crippen molar-refractivity contribution < 1.29 is 4.80 Å². The van der Waals surface area contributed by atoms with Crippen LogP contribution < -0.4 is 0 Å². The van der Waals surface area contributed by atoms with Crippen LogP contribution in [0.15, 0.2) is 30.5 Å². The molecule has 0 amide bonds. The molecule has 17 heavy (non-hydrogen) atoms. The van der Waals surface area contributed by atoms with E-state index in [1.165, 1.54) is 16.5 Å². The minimum atomic E-state index is -2.14. The Morgan fingerprint density at radius 3 is 2.59 bits per heavy atom. The highest BCUT2D eigenvalue weighted by atomic mass is 28.4. The maximum Gasteiger partial charge on any atom is 0.188 e. The SMILES string of the molecule is CC(C)(Cc1cccc2[nH]ccc12)[Si](C)(C)O. The van der Waals surface area contributed by atoms with Crippen LogP contribution in [0.5, 0.6) is 0 Å². The summed E-state index contributed by atoms with van der Waals surface area (Å²) < 4.78 is 0. The van der Waals surface area contributed by atoms with Gasteiger partial charge in [-0.25, -0.2) is 0 Å². The molecule has 0 atom stereocenters. The van der Waals surface area contributed by atoms with Gasteiger partial charge in [0.25, 0.3) is 0 Å². The fourth-order valence-electron chi connectivity index (χ4n) is 2.00. The number of hydrogen-bond donors (Lipinski definition) is 2. The third kappa shape index (κ3) is 2.30. The summed E-state index contributed by atoms with van der Waals surface area (Å²) in [5.41, 5.74) is 2.50. The van der Waals surface area contributed by atoms with Crippen LogP contribution >= 0.6 is 0 Å². The first kappa shape index (κ1) is 12.4. The summed E-state index contributed by atoms with van der Waals surface area (Å²) in [4.78, 5) is 13.6. The second-order valence-corrected chi connectivity index (χ2v) is 10.4. The molecular formula is C14H21NOSi. The maximum absolute atomic E-state index is 10.4. The van der Waals surface area contributed by atoms with E-state index >= 15 is 0 Å². The lowest BCUT2D eigenvalue weighted by Crippen LogP contribution is -2.40. The number of fused-ring (bicyclic) bond motifs is 1. The molecule has 1 aromatic carbocycles. The quantitative estimate of drug-likeness (QED) is 0.797. The van der Waals surface area contributed by atoms with Gasteiger partial charge in [0, 0.05) is 17.1 Å². The molecule has 0 bridgehead atoms. The fourth-order valence-corrected chi connectivity index (χ4v) is 2.62. The van der Waals surface area contributed by atoms with Crippen LogP contribution in [0.1, 0.15) is 19.4 Å². The Labute approximate surface area is 104 Å². The van der Waals surface area contributed by atoms with Crippen LogP contribution in [0.4, 0.5) is 0 Å². The first-order chi connectivity index (χ1) is 7.81. The number of aromatic amines is 1. The summed E-state index contributed by atoms with van der Waals surface area (Å²) in [5, 5.41) is 1.26. The van der Waals surface area contributed by atoms with E-state index in [2.05, 4.69) is 43.1 Å². The largest absolute Gasteiger partial charge is 0.432 e. The Hall–Kier alpha value is -1.06. The number of hydrogen-bond acceptors (Lipinski definition) is 1. The van der Waals surface area contributed by atoms with Crippen molar-refractivity contribution in [2.24, 2.45) is 0 Å². The van der Waals surface area contributed by atoms with E-state index < -0.39 is 8.32 Å². The maximum atomic E-state index is 10.4. The van der Waals surface area contributed by atoms with Crippen LogP contribution in [0.3, 0.4) is 0 Å². The van der Waals surface area contributed by atoms with Gasteiger partial charge in [0.1, 0.15) is 0 Å². The summed E-state index contributed by atoms with van der Waals surface area (Å²) in [7, 11) is -2.14. The van der Waals surface area contributed by atoms with Crippen molar-refractivity contribution in [3.63, 3.8) is 0 Å². The van der Waals surface area contributed by atoms with Crippen molar-refractivity contribution in [2.75, 3.05) is 0 Å². The van der Waals surface area contributed by atoms with Gasteiger partial charge in [0.2, 0.25) is 0 Å². The third-order valence-corrected chi connectivity index (χ3v) is 7.46. The first-order valence-electron chi connectivity index (χ1n) is 6.09. The highest BCUT2D eigenvalue weighted by Gasteiger charge is 2.38. The number of rotatable bonds is 3. The van der Waals surface area contributed by atoms with Crippen LogP contribution in [0.25, 0.3) is 10.9 Å². The van der Waals surface area contributed by atoms with Crippen LogP contribution in [-0.2, 0) is 6.42 Å². The van der Waals surface area contributed by atoms with Crippen molar-refractivity contribution >= 4 is 19.2 Å². The fraction of sp³-hybridized carbons (Fsp3) is 0.429. The van der Waals surface area contributed by atoms with E-state index in [1.54, 1.807) is 0 Å². The first-order valence-corrected chi connectivity index (χ1v) is 9.03. The van der Waals surface area contributed by atoms with Crippen molar-refractivity contribution in [1.29, 1.82) is 0 Å². The van der Waals surface area contributed by atoms with E-state index in [-0.39, 0.29) is 5.04 Å². The van der Waals surface area contributed by atoms with Crippen LogP contribution in [0, 0.1) is 0 Å². The number of aromatic nitrogens is 1. The molecule has 2 aromatic rings. The summed E-state index contributed by atoms with van der Waals surface area (Å²) >= 11 is 0. The van der Waals surface area contributed by atoms with Gasteiger partial charge in [-0.2, -0.15) is 0 Å². The molecule has 2 nitrogen and oxygen atoms in total. The molecule has 2 N–H and O–H groups in total. The lowest BCUT2D eigenvalue weighted by Gasteiger charge is -2.35. The lowest BCUT2D eigenvalue weighted by atomic mass is 9.99. The normalized spacial score (nSPS) is 13.2. The monoisotopic (exact) mass is 247 g/mol. The number of benzene rings is 1. The second-order valence-electron chi connectivity index (χ2n) is 5.98. The second kappa shape index (κ2) is 4.00. The molecular weight excluding hydrogens is 226 g/mol. The number of nitrogens with one attached hydrogen (secondary N) is 1. The van der Waals surface area contributed by atoms with Crippen LogP contribution in [0.2, 0.25) is 18.1 Å². The molecule has 92 valence electrons. The van der Waals surface area contributed by atoms with E-state index in [9.17, 15) is 4.80 Å². The van der Waals surface area contributed by atoms with Gasteiger partial charge in [0.05, 0.1) is 0 Å². The van der Waals surface area contributed by atoms with Crippen molar-refractivity contribution in [3.05, 3.63) is 36.0 Å². The Balaban J connectivity index is 2.39. The highest BCUT2D eigenvalue weighted by Crippen LogP contribution is 2.39. The van der Waals surface area contributed by atoms with Gasteiger partial charge in [0.15, 0.2) is 8.32 Å². The molecule has 0 aliphatic heterocycles. The molecule has 2 rings (SSSR count). The molecule has 0 saturated heterocycles. The van der Waals surface area contributed by atoms with Gasteiger partial charge in [-0.3, -0.25) is 0 Å². The van der Waals surface area contributed by atoms with Crippen LogP contribution in [-0.4, -0.2) is 18.1 Å². The topological polar surface area (TPSA) is 36.0 Å². The molecule has 0 saturated carbocycles. The van der Waals surface area contributed by atoms with Gasteiger partial charge < -0.3 is 9.78 Å². The average Bonchev–Trinajstić information content (AvgIpc) is 2.64. The predicted octanol–water partition coefficient (Wildman–Crippen LogP) is 3.69. The Bertz CT molecular complexity index is 522. The van der Waals surface area contributed by atoms with E-state index in [1.807, 2.05) is 19.3 Å². The molecule has 0 aliphatic carbocycles. The molecule has 0 unspecified atom stereocenters. The van der Waals surface area contributed by atoms with Gasteiger partial charge >= 0.3 is 0 Å². The zero-order valence-corrected chi connectivity index (χ0v) is 12.0. The average molecular weight is 247 g/mol. The standard InChI is InChI=1S/C14H21NOSi/c1-14(2,17(3,4)16)10-11-6-5-7-13-12(11)8-9-15-13/h5-9,15-16H,10H2,1-4H3. The van der Waals surface area contributed by atoms with Gasteiger partial charge in [-0.15, -0.1) is 0 Å². The van der Waals surface area contributed by atoms with Crippen molar-refractivity contribution in [1.82, 2.24) is 4.98 Å². The molecule has 1 aromatic heterocycles. The van der Waals surface area contributed by atoms with E-state index in [0.717, 1.165) is 6.42 Å². The minimum absolute atomic E-state index is 0.0153. The molecule has 0 radical (unpaired) electrons. The Morgan fingerprint density at radius 1 is 1.24 bits per heavy atom. The van der Waals surface area contributed by atoms with E-state index in [0.29, 0.717) is 0 Å². The van der Waals surface area contributed by atoms with Crippen molar-refractivity contribution in [3.8, 4) is 0 Å². The molecule has 1 heterocycles. The summed E-state index contributed by atoms with van der Waals surface area (Å²) in [6.07, 6.45) is 2.90. The Morgan fingerprint density at radius 2 is 1.94 bits per heavy atom. The molecule has 0 spiro atoms. The molecule has 3 heteroatoms. The smallest absolute Gasteiger partial charge is 0.188 e. The zero-order valence-electron chi connectivity index (χ0n) is 11.0.